The third-order valence-electron chi connectivity index (χ3n) is 3.46. The number of hydrogen-bond acceptors (Lipinski definition) is 8. The summed E-state index contributed by atoms with van der Waals surface area (Å²) in [6, 6.07) is 14.3. The highest BCUT2D eigenvalue weighted by atomic mass is 32.2. The van der Waals surface area contributed by atoms with Gasteiger partial charge in [0.05, 0.1) is 24.6 Å². The largest absolute Gasteiger partial charge is 0.497 e. The van der Waals surface area contributed by atoms with Crippen LogP contribution in [0.15, 0.2) is 48.5 Å². The number of ether oxygens (including phenoxy) is 1. The highest BCUT2D eigenvalue weighted by Gasteiger charge is 2.15. The average Bonchev–Trinajstić information content (AvgIpc) is 3.07. The Bertz CT molecular complexity index is 1080. The minimum Gasteiger partial charge on any atom is -0.497 e. The van der Waals surface area contributed by atoms with Gasteiger partial charge in [-0.3, -0.25) is 14.8 Å². The molecule has 3 rings (SSSR count). The quantitative estimate of drug-likeness (QED) is 0.538. The summed E-state index contributed by atoms with van der Waals surface area (Å²) in [5.74, 6) is 0.324. The minimum absolute atomic E-state index is 0.0717. The first kappa shape index (κ1) is 19.6. The molecule has 1 heterocycles. The predicted octanol–water partition coefficient (Wildman–Crippen LogP) is 2.91. The standard InChI is InChI=1S/C17H17N5O4S2/c1-26-12-9-7-11(8-10-12)18-14-6-4-3-5-13(14)15(23)19-16-20-21-17(27-16)22-28(2,24)25/h3-10,18H,1-2H3,(H,21,22)(H,19,20,23). The van der Waals surface area contributed by atoms with Crippen LogP contribution in [0.4, 0.5) is 21.6 Å². The number of hydrogen-bond donors (Lipinski definition) is 3. The summed E-state index contributed by atoms with van der Waals surface area (Å²) in [5.41, 5.74) is 1.78. The van der Waals surface area contributed by atoms with Crippen LogP contribution in [-0.4, -0.2) is 37.9 Å². The molecule has 1 aromatic heterocycles. The van der Waals surface area contributed by atoms with Gasteiger partial charge in [0.1, 0.15) is 5.75 Å². The normalized spacial score (nSPS) is 10.9. The molecule has 11 heteroatoms. The van der Waals surface area contributed by atoms with E-state index in [-0.39, 0.29) is 10.3 Å². The number of methoxy groups -OCH3 is 1. The fourth-order valence-corrected chi connectivity index (χ4v) is 3.73. The second-order valence-corrected chi connectivity index (χ2v) is 8.37. The Labute approximate surface area is 165 Å². The molecule has 3 N–H and O–H groups in total. The van der Waals surface area contributed by atoms with Crippen molar-refractivity contribution in [2.24, 2.45) is 0 Å². The number of para-hydroxylation sites is 1. The van der Waals surface area contributed by atoms with E-state index < -0.39 is 15.9 Å². The lowest BCUT2D eigenvalue weighted by molar-refractivity contribution is 0.102. The van der Waals surface area contributed by atoms with Crippen molar-refractivity contribution in [2.75, 3.05) is 28.7 Å². The fraction of sp³-hybridized carbons (Fsp3) is 0.118. The summed E-state index contributed by atoms with van der Waals surface area (Å²) in [4.78, 5) is 12.6. The van der Waals surface area contributed by atoms with Crippen molar-refractivity contribution in [1.29, 1.82) is 0 Å². The number of anilines is 4. The Hall–Kier alpha value is -3.18. The summed E-state index contributed by atoms with van der Waals surface area (Å²) in [6.07, 6.45) is 1.01. The highest BCUT2D eigenvalue weighted by Crippen LogP contribution is 2.25. The van der Waals surface area contributed by atoms with Crippen molar-refractivity contribution >= 4 is 48.9 Å². The maximum atomic E-state index is 12.6. The number of nitrogens with zero attached hydrogens (tertiary/aromatic N) is 2. The first-order chi connectivity index (χ1) is 13.3. The van der Waals surface area contributed by atoms with Gasteiger partial charge in [-0.25, -0.2) is 8.42 Å². The summed E-state index contributed by atoms with van der Waals surface area (Å²) < 4.78 is 29.8. The molecule has 2 aromatic carbocycles. The molecule has 1 amide bonds. The van der Waals surface area contributed by atoms with Gasteiger partial charge in [0, 0.05) is 5.69 Å². The van der Waals surface area contributed by atoms with Gasteiger partial charge in [-0.2, -0.15) is 0 Å². The van der Waals surface area contributed by atoms with Crippen LogP contribution in [-0.2, 0) is 10.0 Å². The zero-order valence-electron chi connectivity index (χ0n) is 15.0. The molecule has 9 nitrogen and oxygen atoms in total. The van der Waals surface area contributed by atoms with Crippen LogP contribution in [0.3, 0.4) is 0 Å². The zero-order chi connectivity index (χ0) is 20.1. The Morgan fingerprint density at radius 3 is 2.39 bits per heavy atom. The molecule has 3 aromatic rings. The van der Waals surface area contributed by atoms with Gasteiger partial charge in [-0.1, -0.05) is 23.5 Å². The predicted molar refractivity (Wildman–Crippen MR) is 109 cm³/mol. The van der Waals surface area contributed by atoms with Gasteiger partial charge in [0.2, 0.25) is 20.3 Å². The maximum Gasteiger partial charge on any atom is 0.259 e. The molecule has 0 bridgehead atoms. The summed E-state index contributed by atoms with van der Waals surface area (Å²) >= 11 is 0.918. The molecule has 0 aliphatic carbocycles. The van der Waals surface area contributed by atoms with Crippen molar-refractivity contribution in [1.82, 2.24) is 10.2 Å². The number of aromatic nitrogens is 2. The number of benzene rings is 2. The van der Waals surface area contributed by atoms with E-state index in [0.29, 0.717) is 11.3 Å². The van der Waals surface area contributed by atoms with E-state index in [1.165, 1.54) is 0 Å². The zero-order valence-corrected chi connectivity index (χ0v) is 16.6. The second kappa shape index (κ2) is 8.23. The Morgan fingerprint density at radius 1 is 1.04 bits per heavy atom. The van der Waals surface area contributed by atoms with Gasteiger partial charge in [-0.15, -0.1) is 10.2 Å². The molecule has 0 saturated carbocycles. The van der Waals surface area contributed by atoms with Gasteiger partial charge in [-0.05, 0) is 36.4 Å². The van der Waals surface area contributed by atoms with Gasteiger partial charge in [0.15, 0.2) is 0 Å². The molecule has 0 aliphatic heterocycles. The van der Waals surface area contributed by atoms with E-state index >= 15 is 0 Å². The number of carbonyl (C=O) groups is 1. The Morgan fingerprint density at radius 2 is 1.71 bits per heavy atom. The number of sulfonamides is 1. The molecule has 0 aliphatic rings. The first-order valence-electron chi connectivity index (χ1n) is 7.97. The number of nitrogens with one attached hydrogen (secondary N) is 3. The topological polar surface area (TPSA) is 122 Å². The van der Waals surface area contributed by atoms with E-state index in [4.69, 9.17) is 4.74 Å². The summed E-state index contributed by atoms with van der Waals surface area (Å²) in [5, 5.41) is 13.5. The number of amides is 1. The van der Waals surface area contributed by atoms with Gasteiger partial charge < -0.3 is 10.1 Å². The number of carbonyl (C=O) groups excluding carboxylic acids is 1. The Balaban J connectivity index is 1.75. The smallest absolute Gasteiger partial charge is 0.259 e. The summed E-state index contributed by atoms with van der Waals surface area (Å²) in [7, 11) is -1.87. The SMILES string of the molecule is COc1ccc(Nc2ccccc2C(=O)Nc2nnc(NS(C)(=O)=O)s2)cc1. The van der Waals surface area contributed by atoms with Crippen molar-refractivity contribution in [3.05, 3.63) is 54.1 Å². The molecule has 0 spiro atoms. The lowest BCUT2D eigenvalue weighted by Crippen LogP contribution is -2.13. The molecule has 0 saturated heterocycles. The van der Waals surface area contributed by atoms with Gasteiger partial charge in [0.25, 0.3) is 5.91 Å². The molecule has 28 heavy (non-hydrogen) atoms. The second-order valence-electron chi connectivity index (χ2n) is 5.64. The lowest BCUT2D eigenvalue weighted by atomic mass is 10.1. The molecule has 0 radical (unpaired) electrons. The minimum atomic E-state index is -3.46. The molecule has 146 valence electrons. The average molecular weight is 419 g/mol. The first-order valence-corrected chi connectivity index (χ1v) is 10.7. The van der Waals surface area contributed by atoms with Crippen molar-refractivity contribution in [3.63, 3.8) is 0 Å². The van der Waals surface area contributed by atoms with E-state index in [1.54, 1.807) is 25.3 Å². The van der Waals surface area contributed by atoms with Crippen molar-refractivity contribution < 1.29 is 17.9 Å². The molecular weight excluding hydrogens is 402 g/mol. The summed E-state index contributed by atoms with van der Waals surface area (Å²) in [6.45, 7) is 0. The van der Waals surface area contributed by atoms with Gasteiger partial charge >= 0.3 is 0 Å². The molecule has 0 unspecified atom stereocenters. The van der Waals surface area contributed by atoms with Crippen LogP contribution >= 0.6 is 11.3 Å². The molecule has 0 fully saturated rings. The van der Waals surface area contributed by atoms with E-state index in [1.807, 2.05) is 30.3 Å². The fourth-order valence-electron chi connectivity index (χ4n) is 2.26. The highest BCUT2D eigenvalue weighted by molar-refractivity contribution is 7.92. The third kappa shape index (κ3) is 5.18. The molecular formula is C17H17N5O4S2. The van der Waals surface area contributed by atoms with Crippen LogP contribution < -0.4 is 20.1 Å². The van der Waals surface area contributed by atoms with Crippen LogP contribution in [0.25, 0.3) is 0 Å². The van der Waals surface area contributed by atoms with Crippen LogP contribution in [0.1, 0.15) is 10.4 Å². The Kier molecular flexibility index (Phi) is 5.76. The molecule has 0 atom stereocenters. The third-order valence-corrected chi connectivity index (χ3v) is 4.91. The van der Waals surface area contributed by atoms with E-state index in [0.717, 1.165) is 29.0 Å². The van der Waals surface area contributed by atoms with Crippen molar-refractivity contribution in [2.45, 2.75) is 0 Å². The van der Waals surface area contributed by atoms with E-state index in [2.05, 4.69) is 25.6 Å². The van der Waals surface area contributed by atoms with E-state index in [9.17, 15) is 13.2 Å². The van der Waals surface area contributed by atoms with Crippen LogP contribution in [0.5, 0.6) is 5.75 Å². The monoisotopic (exact) mass is 419 g/mol. The lowest BCUT2D eigenvalue weighted by Gasteiger charge is -2.11. The van der Waals surface area contributed by atoms with Crippen molar-refractivity contribution in [3.8, 4) is 5.75 Å². The van der Waals surface area contributed by atoms with Crippen LogP contribution in [0.2, 0.25) is 0 Å². The number of rotatable bonds is 7. The van der Waals surface area contributed by atoms with Crippen LogP contribution in [0, 0.1) is 0 Å². The maximum absolute atomic E-state index is 12.6.